The molecule has 0 unspecified atom stereocenters. The molecule has 0 fully saturated rings. The van der Waals surface area contributed by atoms with Crippen molar-refractivity contribution < 1.29 is 14.8 Å². The van der Waals surface area contributed by atoms with Gasteiger partial charge in [-0.2, -0.15) is 0 Å². The molecule has 0 aliphatic carbocycles. The molecule has 3 nitrogen and oxygen atoms in total. The number of hydrogen-bond acceptors (Lipinski definition) is 3. The van der Waals surface area contributed by atoms with Crippen LogP contribution < -0.4 is 0 Å². The van der Waals surface area contributed by atoms with E-state index in [0.29, 0.717) is 13.2 Å². The first kappa shape index (κ1) is 28.2. The van der Waals surface area contributed by atoms with Crippen LogP contribution in [0.4, 0.5) is 0 Å². The van der Waals surface area contributed by atoms with Crippen molar-refractivity contribution >= 4 is 11.2 Å². The van der Waals surface area contributed by atoms with Crippen LogP contribution in [-0.4, -0.2) is 39.5 Å². The van der Waals surface area contributed by atoms with Crippen LogP contribution >= 0.6 is 0 Å². The van der Waals surface area contributed by atoms with E-state index < -0.39 is 11.2 Å². The Morgan fingerprint density at radius 1 is 0.357 bits per heavy atom. The smallest absolute Gasteiger partial charge is 0.105 e. The lowest BCUT2D eigenvalue weighted by atomic mass is 10.1. The Balaban J connectivity index is 3.12. The summed E-state index contributed by atoms with van der Waals surface area (Å²) in [6.45, 7) is 0.684. The standard InChI is InChI=1S/C24H50O3S/c25-21-17-13-9-5-1-3-7-11-15-19-23-28(27)24-20-16-12-8-4-2-6-10-14-18-22-26/h25-26H,1-24H2. The van der Waals surface area contributed by atoms with Crippen molar-refractivity contribution in [2.75, 3.05) is 24.7 Å². The highest BCUT2D eigenvalue weighted by atomic mass is 32.2. The maximum Gasteiger partial charge on any atom is 0.105 e. The van der Waals surface area contributed by atoms with Crippen molar-refractivity contribution in [1.29, 1.82) is 0 Å². The van der Waals surface area contributed by atoms with Gasteiger partial charge in [-0.05, 0) is 38.5 Å². The average Bonchev–Trinajstić information content (AvgIpc) is 2.70. The molecule has 0 aliphatic heterocycles. The van der Waals surface area contributed by atoms with Gasteiger partial charge in [0.25, 0.3) is 0 Å². The van der Waals surface area contributed by atoms with E-state index in [2.05, 4.69) is 0 Å². The highest BCUT2D eigenvalue weighted by molar-refractivity contribution is 7.91. The molecule has 0 bridgehead atoms. The second-order valence-electron chi connectivity index (χ2n) is 8.37. The molecule has 0 heterocycles. The third kappa shape index (κ3) is 24.3. The summed E-state index contributed by atoms with van der Waals surface area (Å²) in [5, 5.41) is 17.5. The molecule has 0 amide bonds. The average molecular weight is 419 g/mol. The molecule has 170 valence electrons. The zero-order valence-electron chi connectivity index (χ0n) is 18.7. The fourth-order valence-corrected chi connectivity index (χ4v) is 4.94. The van der Waals surface area contributed by atoms with Crippen molar-refractivity contribution in [1.82, 2.24) is 0 Å². The van der Waals surface area contributed by atoms with Gasteiger partial charge in [0.2, 0.25) is 0 Å². The van der Waals surface area contributed by atoms with E-state index in [1.54, 1.807) is 0 Å². The summed E-state index contributed by atoms with van der Waals surface area (Å²) < 4.78 is 12.0. The third-order valence-corrected chi connectivity index (χ3v) is 7.05. The molecule has 0 aromatic rings. The SMILES string of the molecule is [O-][S+](CCCCCCCCCCCCO)CCCCCCCCCCCCO. The maximum absolute atomic E-state index is 12.0. The summed E-state index contributed by atoms with van der Waals surface area (Å²) in [7, 11) is 0. The monoisotopic (exact) mass is 418 g/mol. The van der Waals surface area contributed by atoms with Gasteiger partial charge in [-0.15, -0.1) is 0 Å². The predicted molar refractivity (Wildman–Crippen MR) is 124 cm³/mol. The molecule has 0 spiro atoms. The van der Waals surface area contributed by atoms with E-state index in [1.165, 1.54) is 103 Å². The van der Waals surface area contributed by atoms with E-state index in [9.17, 15) is 4.55 Å². The number of hydrogen-bond donors (Lipinski definition) is 2. The minimum atomic E-state index is -0.588. The van der Waals surface area contributed by atoms with Crippen molar-refractivity contribution in [2.24, 2.45) is 0 Å². The summed E-state index contributed by atoms with van der Waals surface area (Å²) in [5.74, 6) is 1.82. The van der Waals surface area contributed by atoms with Crippen LogP contribution in [0.1, 0.15) is 128 Å². The quantitative estimate of drug-likeness (QED) is 0.138. The van der Waals surface area contributed by atoms with Gasteiger partial charge in [0, 0.05) is 13.2 Å². The van der Waals surface area contributed by atoms with Crippen LogP contribution in [0.25, 0.3) is 0 Å². The molecule has 0 rings (SSSR count). The Morgan fingerprint density at radius 2 is 0.571 bits per heavy atom. The molecular weight excluding hydrogens is 368 g/mol. The lowest BCUT2D eigenvalue weighted by Gasteiger charge is -2.11. The summed E-state index contributed by atoms with van der Waals surface area (Å²) in [4.78, 5) is 0. The van der Waals surface area contributed by atoms with Gasteiger partial charge in [0.15, 0.2) is 0 Å². The highest BCUT2D eigenvalue weighted by Gasteiger charge is 2.05. The van der Waals surface area contributed by atoms with Crippen LogP contribution in [0, 0.1) is 0 Å². The second-order valence-corrected chi connectivity index (χ2v) is 10.1. The fourth-order valence-electron chi connectivity index (χ4n) is 3.68. The molecule has 0 aromatic carbocycles. The topological polar surface area (TPSA) is 63.5 Å². The minimum Gasteiger partial charge on any atom is -0.616 e. The molecule has 0 saturated carbocycles. The van der Waals surface area contributed by atoms with E-state index in [1.807, 2.05) is 0 Å². The zero-order valence-corrected chi connectivity index (χ0v) is 19.5. The van der Waals surface area contributed by atoms with Gasteiger partial charge < -0.3 is 14.8 Å². The van der Waals surface area contributed by atoms with E-state index in [-0.39, 0.29) is 0 Å². The summed E-state index contributed by atoms with van der Waals surface area (Å²) in [6, 6.07) is 0. The van der Waals surface area contributed by atoms with E-state index >= 15 is 0 Å². The Kier molecular flexibility index (Phi) is 25.5. The molecule has 0 aliphatic rings. The largest absolute Gasteiger partial charge is 0.616 e. The maximum atomic E-state index is 12.0. The molecule has 0 radical (unpaired) electrons. The number of unbranched alkanes of at least 4 members (excludes halogenated alkanes) is 18. The third-order valence-electron chi connectivity index (χ3n) is 5.56. The second kappa shape index (κ2) is 25.3. The molecule has 0 atom stereocenters. The molecule has 2 N–H and O–H groups in total. The lowest BCUT2D eigenvalue weighted by molar-refractivity contribution is 0.282. The van der Waals surface area contributed by atoms with Gasteiger partial charge in [-0.1, -0.05) is 101 Å². The van der Waals surface area contributed by atoms with Crippen LogP contribution in [0.15, 0.2) is 0 Å². The van der Waals surface area contributed by atoms with Gasteiger partial charge >= 0.3 is 0 Å². The molecular formula is C24H50O3S. The Morgan fingerprint density at radius 3 is 0.821 bits per heavy atom. The summed E-state index contributed by atoms with van der Waals surface area (Å²) in [6.07, 6.45) is 24.8. The van der Waals surface area contributed by atoms with Gasteiger partial charge in [0.1, 0.15) is 11.5 Å². The normalized spacial score (nSPS) is 11.6. The van der Waals surface area contributed by atoms with Crippen molar-refractivity contribution in [2.45, 2.75) is 128 Å². The Hall–Kier alpha value is 0.230. The summed E-state index contributed by atoms with van der Waals surface area (Å²) in [5.41, 5.74) is 0. The van der Waals surface area contributed by atoms with Crippen LogP contribution in [0.2, 0.25) is 0 Å². The Labute approximate surface area is 179 Å². The van der Waals surface area contributed by atoms with Crippen molar-refractivity contribution in [3.8, 4) is 0 Å². The zero-order chi connectivity index (χ0) is 20.5. The summed E-state index contributed by atoms with van der Waals surface area (Å²) >= 11 is -0.588. The first-order valence-electron chi connectivity index (χ1n) is 12.4. The first-order valence-corrected chi connectivity index (χ1v) is 13.9. The molecule has 28 heavy (non-hydrogen) atoms. The van der Waals surface area contributed by atoms with Crippen molar-refractivity contribution in [3.05, 3.63) is 0 Å². The molecule has 0 saturated heterocycles. The van der Waals surface area contributed by atoms with Gasteiger partial charge in [-0.25, -0.2) is 0 Å². The molecule has 4 heteroatoms. The van der Waals surface area contributed by atoms with Gasteiger partial charge in [-0.3, -0.25) is 0 Å². The number of aliphatic hydroxyl groups is 2. The highest BCUT2D eigenvalue weighted by Crippen LogP contribution is 2.13. The van der Waals surface area contributed by atoms with E-state index in [4.69, 9.17) is 10.2 Å². The molecule has 0 aromatic heterocycles. The van der Waals surface area contributed by atoms with Gasteiger partial charge in [0.05, 0.1) is 0 Å². The predicted octanol–water partition coefficient (Wildman–Crippen LogP) is 6.52. The number of aliphatic hydroxyl groups excluding tert-OH is 2. The first-order chi connectivity index (χ1) is 13.8. The van der Waals surface area contributed by atoms with Crippen molar-refractivity contribution in [3.63, 3.8) is 0 Å². The number of rotatable bonds is 24. The van der Waals surface area contributed by atoms with Crippen LogP contribution in [0.5, 0.6) is 0 Å². The van der Waals surface area contributed by atoms with E-state index in [0.717, 1.165) is 37.2 Å². The van der Waals surface area contributed by atoms with Crippen LogP contribution in [0.3, 0.4) is 0 Å². The minimum absolute atomic E-state index is 0.342. The Bertz CT molecular complexity index is 251. The van der Waals surface area contributed by atoms with Crippen LogP contribution in [-0.2, 0) is 11.2 Å². The lowest BCUT2D eigenvalue weighted by Crippen LogP contribution is -2.11. The fraction of sp³-hybridized carbons (Fsp3) is 1.00.